The second-order valence-electron chi connectivity index (χ2n) is 5.31. The van der Waals surface area contributed by atoms with Gasteiger partial charge in [0.05, 0.1) is 11.3 Å². The van der Waals surface area contributed by atoms with Crippen molar-refractivity contribution in [2.45, 2.75) is 24.6 Å². The highest BCUT2D eigenvalue weighted by Gasteiger charge is 2.32. The fourth-order valence-electron chi connectivity index (χ4n) is 2.70. The number of likely N-dealkylation sites (N-methyl/N-ethyl adjacent to an activating group) is 1. The fraction of sp³-hybridized carbons (Fsp3) is 0.714. The van der Waals surface area contributed by atoms with E-state index in [1.54, 1.807) is 11.8 Å². The van der Waals surface area contributed by atoms with Crippen molar-refractivity contribution >= 4 is 17.7 Å². The van der Waals surface area contributed by atoms with E-state index >= 15 is 0 Å². The molecule has 1 aliphatic rings. The SMILES string of the molecule is CCC(SC)C(=O)N1CCN(C)C(c2nccn2C)C1. The zero-order chi connectivity index (χ0) is 14.7. The van der Waals surface area contributed by atoms with E-state index in [0.717, 1.165) is 31.9 Å². The van der Waals surface area contributed by atoms with E-state index in [2.05, 4.69) is 23.9 Å². The van der Waals surface area contributed by atoms with Crippen LogP contribution in [0.3, 0.4) is 0 Å². The molecule has 1 fully saturated rings. The highest BCUT2D eigenvalue weighted by atomic mass is 32.2. The topological polar surface area (TPSA) is 41.4 Å². The van der Waals surface area contributed by atoms with Crippen LogP contribution >= 0.6 is 11.8 Å². The molecule has 6 heteroatoms. The first-order valence-corrected chi connectivity index (χ1v) is 8.36. The monoisotopic (exact) mass is 296 g/mol. The molecule has 2 heterocycles. The van der Waals surface area contributed by atoms with Gasteiger partial charge in [-0.1, -0.05) is 6.92 Å². The van der Waals surface area contributed by atoms with Crippen LogP contribution in [0.4, 0.5) is 0 Å². The zero-order valence-electron chi connectivity index (χ0n) is 12.7. The molecule has 20 heavy (non-hydrogen) atoms. The maximum absolute atomic E-state index is 12.5. The minimum atomic E-state index is 0.0837. The van der Waals surface area contributed by atoms with Crippen molar-refractivity contribution in [2.75, 3.05) is 32.9 Å². The molecule has 0 saturated carbocycles. The summed E-state index contributed by atoms with van der Waals surface area (Å²) in [6.07, 6.45) is 6.68. The Hall–Kier alpha value is -1.01. The van der Waals surface area contributed by atoms with Gasteiger partial charge in [-0.3, -0.25) is 9.69 Å². The lowest BCUT2D eigenvalue weighted by Crippen LogP contribution is -2.51. The first-order chi connectivity index (χ1) is 9.58. The highest BCUT2D eigenvalue weighted by molar-refractivity contribution is 7.99. The summed E-state index contributed by atoms with van der Waals surface area (Å²) in [5, 5.41) is 0.0837. The minimum Gasteiger partial charge on any atom is -0.338 e. The molecule has 0 aromatic carbocycles. The Bertz CT molecular complexity index is 458. The van der Waals surface area contributed by atoms with Gasteiger partial charge in [-0.2, -0.15) is 11.8 Å². The number of thioether (sulfide) groups is 1. The molecule has 1 amide bonds. The highest BCUT2D eigenvalue weighted by Crippen LogP contribution is 2.24. The molecule has 0 N–H and O–H groups in total. The Labute approximate surface area is 125 Å². The van der Waals surface area contributed by atoms with Crippen molar-refractivity contribution < 1.29 is 4.79 Å². The summed E-state index contributed by atoms with van der Waals surface area (Å²) >= 11 is 1.65. The number of aryl methyl sites for hydroxylation is 1. The zero-order valence-corrected chi connectivity index (χ0v) is 13.6. The molecule has 1 saturated heterocycles. The lowest BCUT2D eigenvalue weighted by molar-refractivity contribution is -0.133. The normalized spacial score (nSPS) is 22.0. The number of imidazole rings is 1. The lowest BCUT2D eigenvalue weighted by Gasteiger charge is -2.40. The summed E-state index contributed by atoms with van der Waals surface area (Å²) in [6.45, 7) is 4.52. The standard InChI is InChI=1S/C14H24N4OS/c1-5-12(20-4)14(19)18-9-8-16(2)11(10-18)13-15-6-7-17(13)3/h6-7,11-12H,5,8-10H2,1-4H3. The molecule has 2 unspecified atom stereocenters. The molecule has 1 aromatic heterocycles. The molecular formula is C14H24N4OS. The van der Waals surface area contributed by atoms with Crippen molar-refractivity contribution in [1.29, 1.82) is 0 Å². The first kappa shape index (κ1) is 15.4. The largest absolute Gasteiger partial charge is 0.338 e. The van der Waals surface area contributed by atoms with Gasteiger partial charge in [0, 0.05) is 39.1 Å². The van der Waals surface area contributed by atoms with Crippen LogP contribution in [-0.4, -0.2) is 63.4 Å². The van der Waals surface area contributed by atoms with Crippen molar-refractivity contribution in [3.63, 3.8) is 0 Å². The van der Waals surface area contributed by atoms with Gasteiger partial charge < -0.3 is 9.47 Å². The van der Waals surface area contributed by atoms with Crippen LogP contribution in [0, 0.1) is 0 Å². The summed E-state index contributed by atoms with van der Waals surface area (Å²) in [6, 6.07) is 0.187. The summed E-state index contributed by atoms with van der Waals surface area (Å²) in [5.74, 6) is 1.30. The summed E-state index contributed by atoms with van der Waals surface area (Å²) in [5.41, 5.74) is 0. The van der Waals surface area contributed by atoms with Crippen LogP contribution in [0.2, 0.25) is 0 Å². The third-order valence-electron chi connectivity index (χ3n) is 4.05. The Morgan fingerprint density at radius 3 is 2.80 bits per heavy atom. The second kappa shape index (κ2) is 6.63. The van der Waals surface area contributed by atoms with Crippen molar-refractivity contribution in [3.05, 3.63) is 18.2 Å². The van der Waals surface area contributed by atoms with Crippen LogP contribution in [0.15, 0.2) is 12.4 Å². The van der Waals surface area contributed by atoms with Crippen LogP contribution < -0.4 is 0 Å². The summed E-state index contributed by atoms with van der Waals surface area (Å²) in [4.78, 5) is 21.3. The number of nitrogens with zero attached hydrogens (tertiary/aromatic N) is 4. The number of rotatable bonds is 4. The summed E-state index contributed by atoms with van der Waals surface area (Å²) in [7, 11) is 4.11. The van der Waals surface area contributed by atoms with Crippen molar-refractivity contribution in [1.82, 2.24) is 19.4 Å². The molecular weight excluding hydrogens is 272 g/mol. The van der Waals surface area contributed by atoms with Crippen molar-refractivity contribution in [2.24, 2.45) is 7.05 Å². The summed E-state index contributed by atoms with van der Waals surface area (Å²) < 4.78 is 2.04. The molecule has 2 rings (SSSR count). The number of hydrogen-bond acceptors (Lipinski definition) is 4. The van der Waals surface area contributed by atoms with Crippen LogP contribution in [0.1, 0.15) is 25.2 Å². The second-order valence-corrected chi connectivity index (χ2v) is 6.35. The molecule has 0 aliphatic carbocycles. The molecule has 112 valence electrons. The number of hydrogen-bond donors (Lipinski definition) is 0. The van der Waals surface area contributed by atoms with Gasteiger partial charge in [0.15, 0.2) is 0 Å². The van der Waals surface area contributed by atoms with Gasteiger partial charge in [0.2, 0.25) is 5.91 Å². The number of amides is 1. The first-order valence-electron chi connectivity index (χ1n) is 7.07. The number of aromatic nitrogens is 2. The van der Waals surface area contributed by atoms with Crippen LogP contribution in [-0.2, 0) is 11.8 Å². The van der Waals surface area contributed by atoms with E-state index in [4.69, 9.17) is 0 Å². The van der Waals surface area contributed by atoms with Gasteiger partial charge in [-0.15, -0.1) is 0 Å². The van der Waals surface area contributed by atoms with Crippen LogP contribution in [0.25, 0.3) is 0 Å². The Kier molecular flexibility index (Phi) is 5.10. The molecule has 1 aliphatic heterocycles. The van der Waals surface area contributed by atoms with Gasteiger partial charge in [-0.25, -0.2) is 4.98 Å². The molecule has 5 nitrogen and oxygen atoms in total. The quantitative estimate of drug-likeness (QED) is 0.842. The Morgan fingerprint density at radius 2 is 2.25 bits per heavy atom. The average Bonchev–Trinajstić information content (AvgIpc) is 2.86. The van der Waals surface area contributed by atoms with E-state index < -0.39 is 0 Å². The smallest absolute Gasteiger partial charge is 0.235 e. The Morgan fingerprint density at radius 1 is 1.50 bits per heavy atom. The van der Waals surface area contributed by atoms with E-state index in [1.165, 1.54) is 0 Å². The maximum atomic E-state index is 12.5. The number of carbonyl (C=O) groups is 1. The maximum Gasteiger partial charge on any atom is 0.235 e. The Balaban J connectivity index is 2.12. The van der Waals surface area contributed by atoms with Gasteiger partial charge >= 0.3 is 0 Å². The van der Waals surface area contributed by atoms with Gasteiger partial charge in [0.25, 0.3) is 0 Å². The van der Waals surface area contributed by atoms with Gasteiger partial charge in [0.1, 0.15) is 5.82 Å². The lowest BCUT2D eigenvalue weighted by atomic mass is 10.1. The van der Waals surface area contributed by atoms with Crippen LogP contribution in [0.5, 0.6) is 0 Å². The third kappa shape index (κ3) is 3.01. The number of carbonyl (C=O) groups excluding carboxylic acids is 1. The van der Waals surface area contributed by atoms with E-state index in [1.807, 2.05) is 35.2 Å². The minimum absolute atomic E-state index is 0.0837. The predicted octanol–water partition coefficient (Wildman–Crippen LogP) is 1.38. The van der Waals surface area contributed by atoms with Crippen molar-refractivity contribution in [3.8, 4) is 0 Å². The molecule has 2 atom stereocenters. The molecule has 1 aromatic rings. The third-order valence-corrected chi connectivity index (χ3v) is 5.15. The van der Waals surface area contributed by atoms with Gasteiger partial charge in [-0.05, 0) is 19.7 Å². The fourth-order valence-corrected chi connectivity index (χ4v) is 3.38. The van der Waals surface area contributed by atoms with E-state index in [9.17, 15) is 4.79 Å². The van der Waals surface area contributed by atoms with E-state index in [0.29, 0.717) is 0 Å². The molecule has 0 bridgehead atoms. The number of piperazine rings is 1. The van der Waals surface area contributed by atoms with E-state index in [-0.39, 0.29) is 17.2 Å². The average molecular weight is 296 g/mol. The predicted molar refractivity (Wildman–Crippen MR) is 82.8 cm³/mol. The molecule has 0 radical (unpaired) electrons. The molecule has 0 spiro atoms.